The third-order valence-electron chi connectivity index (χ3n) is 3.97. The largest absolute Gasteiger partial charge is 0.491 e. The molecule has 1 aliphatic heterocycles. The number of fused-ring (bicyclic) bond motifs is 2. The molecule has 5 nitrogen and oxygen atoms in total. The number of H-pyrrole nitrogens is 1. The Morgan fingerprint density at radius 1 is 1.26 bits per heavy atom. The maximum absolute atomic E-state index is 13.5. The summed E-state index contributed by atoms with van der Waals surface area (Å²) in [5.41, 5.74) is 1.82. The molecular formula is C17H14FN3O2. The highest BCUT2D eigenvalue weighted by Gasteiger charge is 2.24. The van der Waals surface area contributed by atoms with Gasteiger partial charge in [0.05, 0.1) is 12.1 Å². The van der Waals surface area contributed by atoms with E-state index in [1.807, 2.05) is 24.3 Å². The number of aromatic amines is 1. The van der Waals surface area contributed by atoms with Crippen LogP contribution in [0.3, 0.4) is 0 Å². The van der Waals surface area contributed by atoms with Crippen molar-refractivity contribution >= 4 is 16.8 Å². The molecule has 23 heavy (non-hydrogen) atoms. The van der Waals surface area contributed by atoms with Crippen molar-refractivity contribution in [2.75, 3.05) is 13.2 Å². The lowest BCUT2D eigenvalue weighted by molar-refractivity contribution is 0.0729. The Morgan fingerprint density at radius 3 is 3.04 bits per heavy atom. The van der Waals surface area contributed by atoms with Gasteiger partial charge in [0.25, 0.3) is 5.91 Å². The van der Waals surface area contributed by atoms with Crippen LogP contribution in [0.5, 0.6) is 5.75 Å². The van der Waals surface area contributed by atoms with Gasteiger partial charge in [-0.1, -0.05) is 18.2 Å². The van der Waals surface area contributed by atoms with E-state index in [0.717, 1.165) is 11.3 Å². The quantitative estimate of drug-likeness (QED) is 0.752. The minimum absolute atomic E-state index is 0.234. The number of nitrogens with one attached hydrogen (secondary N) is 1. The van der Waals surface area contributed by atoms with Crippen LogP contribution in [0.15, 0.2) is 42.5 Å². The average molecular weight is 311 g/mol. The number of aromatic nitrogens is 2. The number of benzene rings is 2. The first-order chi connectivity index (χ1) is 11.2. The van der Waals surface area contributed by atoms with Crippen molar-refractivity contribution in [2.24, 2.45) is 0 Å². The summed E-state index contributed by atoms with van der Waals surface area (Å²) in [5.74, 6) is 0.167. The van der Waals surface area contributed by atoms with Gasteiger partial charge in [-0.05, 0) is 24.3 Å². The number of carbonyl (C=O) groups is 1. The Bertz CT molecular complexity index is 890. The molecule has 1 aromatic heterocycles. The van der Waals surface area contributed by atoms with Gasteiger partial charge in [0.2, 0.25) is 0 Å². The maximum Gasteiger partial charge on any atom is 0.275 e. The molecular weight excluding hydrogens is 297 g/mol. The summed E-state index contributed by atoms with van der Waals surface area (Å²) in [7, 11) is 0. The van der Waals surface area contributed by atoms with Crippen LogP contribution in [0.2, 0.25) is 0 Å². The van der Waals surface area contributed by atoms with E-state index >= 15 is 0 Å². The lowest BCUT2D eigenvalue weighted by atomic mass is 10.1. The minimum Gasteiger partial charge on any atom is -0.491 e. The summed E-state index contributed by atoms with van der Waals surface area (Å²) in [6.45, 7) is 1.31. The van der Waals surface area contributed by atoms with E-state index in [2.05, 4.69) is 10.2 Å². The van der Waals surface area contributed by atoms with Crippen LogP contribution in [0.4, 0.5) is 4.39 Å². The summed E-state index contributed by atoms with van der Waals surface area (Å²) in [6.07, 6.45) is 0. The number of hydrogen-bond acceptors (Lipinski definition) is 3. The number of para-hydroxylation sites is 1. The molecule has 4 rings (SSSR count). The third kappa shape index (κ3) is 2.42. The predicted molar refractivity (Wildman–Crippen MR) is 82.7 cm³/mol. The van der Waals surface area contributed by atoms with Crippen molar-refractivity contribution in [1.82, 2.24) is 15.1 Å². The Hall–Kier alpha value is -2.89. The third-order valence-corrected chi connectivity index (χ3v) is 3.97. The second kappa shape index (κ2) is 5.39. The molecule has 0 saturated carbocycles. The second-order valence-corrected chi connectivity index (χ2v) is 5.45. The first kappa shape index (κ1) is 13.8. The van der Waals surface area contributed by atoms with Gasteiger partial charge in [-0.15, -0.1) is 0 Å². The van der Waals surface area contributed by atoms with Crippen molar-refractivity contribution in [3.05, 3.63) is 59.5 Å². The topological polar surface area (TPSA) is 58.2 Å². The summed E-state index contributed by atoms with van der Waals surface area (Å²) in [4.78, 5) is 14.5. The van der Waals surface area contributed by atoms with Gasteiger partial charge in [-0.25, -0.2) is 4.39 Å². The average Bonchev–Trinajstić information content (AvgIpc) is 2.84. The van der Waals surface area contributed by atoms with Gasteiger partial charge >= 0.3 is 0 Å². The molecule has 1 amide bonds. The molecule has 0 aliphatic carbocycles. The van der Waals surface area contributed by atoms with Gasteiger partial charge in [-0.2, -0.15) is 5.10 Å². The minimum atomic E-state index is -0.391. The Morgan fingerprint density at radius 2 is 2.13 bits per heavy atom. The first-order valence-electron chi connectivity index (χ1n) is 7.36. The predicted octanol–water partition coefficient (Wildman–Crippen LogP) is 2.74. The molecule has 116 valence electrons. The molecule has 0 atom stereocenters. The number of hydrogen-bond donors (Lipinski definition) is 1. The molecule has 2 aromatic carbocycles. The van der Waals surface area contributed by atoms with E-state index in [1.165, 1.54) is 12.1 Å². The van der Waals surface area contributed by atoms with E-state index in [1.54, 1.807) is 11.0 Å². The molecule has 1 N–H and O–H groups in total. The lowest BCUT2D eigenvalue weighted by Crippen LogP contribution is -2.32. The van der Waals surface area contributed by atoms with Crippen molar-refractivity contribution in [3.63, 3.8) is 0 Å². The molecule has 0 fully saturated rings. The van der Waals surface area contributed by atoms with Crippen molar-refractivity contribution in [1.29, 1.82) is 0 Å². The van der Waals surface area contributed by atoms with Gasteiger partial charge in [0.1, 0.15) is 18.2 Å². The number of carbonyl (C=O) groups excluding carboxylic acids is 1. The lowest BCUT2D eigenvalue weighted by Gasteiger charge is -2.18. The van der Waals surface area contributed by atoms with Gasteiger partial charge in [-0.3, -0.25) is 9.89 Å². The smallest absolute Gasteiger partial charge is 0.275 e. The SMILES string of the molecule is O=C(c1n[nH]c2ccc(F)cc12)N1CCOc2ccccc2C1. The van der Waals surface area contributed by atoms with Gasteiger partial charge < -0.3 is 9.64 Å². The number of rotatable bonds is 1. The fourth-order valence-electron chi connectivity index (χ4n) is 2.80. The van der Waals surface area contributed by atoms with Crippen molar-refractivity contribution in [2.45, 2.75) is 6.54 Å². The number of nitrogens with zero attached hydrogens (tertiary/aromatic N) is 2. The zero-order valence-electron chi connectivity index (χ0n) is 12.3. The van der Waals surface area contributed by atoms with Crippen LogP contribution in [0, 0.1) is 5.82 Å². The molecule has 0 spiro atoms. The van der Waals surface area contributed by atoms with Gasteiger partial charge in [0.15, 0.2) is 5.69 Å². The normalized spacial score (nSPS) is 14.2. The molecule has 0 saturated heterocycles. The fourth-order valence-corrected chi connectivity index (χ4v) is 2.80. The van der Waals surface area contributed by atoms with Crippen molar-refractivity contribution < 1.29 is 13.9 Å². The number of halogens is 1. The summed E-state index contributed by atoms with van der Waals surface area (Å²) < 4.78 is 19.1. The fraction of sp³-hybridized carbons (Fsp3) is 0.176. The molecule has 2 heterocycles. The molecule has 1 aliphatic rings. The van der Waals surface area contributed by atoms with Crippen LogP contribution >= 0.6 is 0 Å². The molecule has 0 unspecified atom stereocenters. The Labute approximate surface area is 131 Å². The molecule has 3 aromatic rings. The zero-order chi connectivity index (χ0) is 15.8. The molecule has 6 heteroatoms. The van der Waals surface area contributed by atoms with Crippen LogP contribution in [-0.2, 0) is 6.54 Å². The van der Waals surface area contributed by atoms with Crippen LogP contribution in [0.1, 0.15) is 16.1 Å². The van der Waals surface area contributed by atoms with Crippen LogP contribution in [0.25, 0.3) is 10.9 Å². The second-order valence-electron chi connectivity index (χ2n) is 5.45. The number of ether oxygens (including phenoxy) is 1. The Balaban J connectivity index is 1.69. The standard InChI is InChI=1S/C17H14FN3O2/c18-12-5-6-14-13(9-12)16(20-19-14)17(22)21-7-8-23-15-4-2-1-3-11(15)10-21/h1-6,9H,7-8,10H2,(H,19,20). The van der Waals surface area contributed by atoms with Gasteiger partial charge in [0, 0.05) is 17.5 Å². The highest BCUT2D eigenvalue weighted by molar-refractivity contribution is 6.04. The first-order valence-corrected chi connectivity index (χ1v) is 7.36. The highest BCUT2D eigenvalue weighted by Crippen LogP contribution is 2.25. The monoisotopic (exact) mass is 311 g/mol. The summed E-state index contributed by atoms with van der Waals surface area (Å²) >= 11 is 0. The zero-order valence-corrected chi connectivity index (χ0v) is 12.3. The number of amides is 1. The summed E-state index contributed by atoms with van der Waals surface area (Å²) in [5, 5.41) is 7.34. The highest BCUT2D eigenvalue weighted by atomic mass is 19.1. The van der Waals surface area contributed by atoms with E-state index in [0.29, 0.717) is 30.6 Å². The maximum atomic E-state index is 13.5. The molecule has 0 radical (unpaired) electrons. The van der Waals surface area contributed by atoms with E-state index < -0.39 is 5.82 Å². The summed E-state index contributed by atoms with van der Waals surface area (Å²) in [6, 6.07) is 11.9. The van der Waals surface area contributed by atoms with Crippen LogP contribution < -0.4 is 4.74 Å². The van der Waals surface area contributed by atoms with Crippen LogP contribution in [-0.4, -0.2) is 34.2 Å². The van der Waals surface area contributed by atoms with E-state index in [4.69, 9.17) is 4.74 Å². The molecule has 0 bridgehead atoms. The van der Waals surface area contributed by atoms with E-state index in [-0.39, 0.29) is 11.6 Å². The van der Waals surface area contributed by atoms with Crippen molar-refractivity contribution in [3.8, 4) is 5.75 Å². The Kier molecular flexibility index (Phi) is 3.22. The van der Waals surface area contributed by atoms with E-state index in [9.17, 15) is 9.18 Å².